The number of carbonyl (C=O) groups excluding carboxylic acids is 1. The first-order valence-electron chi connectivity index (χ1n) is 12.7. The molecular weight excluding hydrogens is 562 g/mol. The maximum absolute atomic E-state index is 14.4. The molecule has 43 heavy (non-hydrogen) atoms. The van der Waals surface area contributed by atoms with E-state index in [1.807, 2.05) is 0 Å². The Bertz CT molecular complexity index is 1760. The third kappa shape index (κ3) is 6.93. The molecule has 0 saturated heterocycles. The van der Waals surface area contributed by atoms with Gasteiger partial charge in [0.25, 0.3) is 0 Å². The molecule has 12 nitrogen and oxygen atoms in total. The zero-order valence-electron chi connectivity index (χ0n) is 23.0. The Morgan fingerprint density at radius 3 is 2.40 bits per heavy atom. The molecule has 2 aromatic heterocycles. The van der Waals surface area contributed by atoms with E-state index in [0.29, 0.717) is 22.4 Å². The third-order valence-electron chi connectivity index (χ3n) is 6.27. The first-order chi connectivity index (χ1) is 20.5. The number of amidine groups is 1. The number of methoxy groups -OCH3 is 1. The fraction of sp³-hybridized carbons (Fsp3) is 0.138. The van der Waals surface area contributed by atoms with Gasteiger partial charge in [0.15, 0.2) is 5.84 Å². The van der Waals surface area contributed by atoms with Gasteiger partial charge in [0.2, 0.25) is 0 Å². The van der Waals surface area contributed by atoms with Gasteiger partial charge in [-0.2, -0.15) is 5.10 Å². The molecule has 222 valence electrons. The highest BCUT2D eigenvalue weighted by Crippen LogP contribution is 2.24. The molecule has 0 aliphatic carbocycles. The lowest BCUT2D eigenvalue weighted by molar-refractivity contribution is -0.136. The fourth-order valence-electron chi connectivity index (χ4n) is 4.32. The van der Waals surface area contributed by atoms with Crippen LogP contribution in [-0.4, -0.2) is 49.8 Å². The van der Waals surface area contributed by atoms with Gasteiger partial charge in [-0.1, -0.05) is 49.0 Å². The molecule has 2 aromatic carbocycles. The molecule has 2 heterocycles. The SMILES string of the molecule is C=C(N=C(N)C(=C(N)N)N(Cc1ccc(CC(=O)O)cc1)C(=O)OC)n1nc(Cc2ccccc2F)c2ncc(F)cc21. The van der Waals surface area contributed by atoms with Crippen molar-refractivity contribution in [3.63, 3.8) is 0 Å². The predicted molar refractivity (Wildman–Crippen MR) is 155 cm³/mol. The number of rotatable bonds is 10. The molecule has 4 aromatic rings. The van der Waals surface area contributed by atoms with Gasteiger partial charge >= 0.3 is 12.1 Å². The standard InChI is InChI=1S/C29H28F2N8O4/c1-16(39-23-13-20(30)14-35-25(23)22(37-39)12-19-5-3-4-6-21(19)31)36-28(34)26(27(32)33)38(29(42)43-2)15-18-9-7-17(8-10-18)11-24(40)41/h3-10,13-14H,1,11-12,15,32-33H2,2H3,(H2,34,36)(H,40,41). The number of pyridine rings is 1. The van der Waals surface area contributed by atoms with Crippen LogP contribution in [0.5, 0.6) is 0 Å². The van der Waals surface area contributed by atoms with Crippen LogP contribution in [0.15, 0.2) is 83.9 Å². The van der Waals surface area contributed by atoms with Crippen molar-refractivity contribution in [3.05, 3.63) is 113 Å². The Morgan fingerprint density at radius 2 is 1.77 bits per heavy atom. The largest absolute Gasteiger partial charge is 0.481 e. The van der Waals surface area contributed by atoms with Crippen LogP contribution in [-0.2, 0) is 28.9 Å². The second kappa shape index (κ2) is 12.8. The number of nitrogens with zero attached hydrogens (tertiary/aromatic N) is 5. The second-order valence-corrected chi connectivity index (χ2v) is 9.31. The molecule has 7 N–H and O–H groups in total. The van der Waals surface area contributed by atoms with Gasteiger partial charge in [-0.25, -0.2) is 28.2 Å². The summed E-state index contributed by atoms with van der Waals surface area (Å²) < 4.78 is 34.7. The first-order valence-corrected chi connectivity index (χ1v) is 12.7. The van der Waals surface area contributed by atoms with Crippen molar-refractivity contribution < 1.29 is 28.2 Å². The van der Waals surface area contributed by atoms with Crippen molar-refractivity contribution in [1.82, 2.24) is 19.7 Å². The highest BCUT2D eigenvalue weighted by atomic mass is 19.1. The molecule has 0 spiro atoms. The third-order valence-corrected chi connectivity index (χ3v) is 6.27. The van der Waals surface area contributed by atoms with Crippen molar-refractivity contribution in [3.8, 4) is 0 Å². The first kappa shape index (κ1) is 30.2. The number of benzene rings is 2. The number of hydrogen-bond acceptors (Lipinski definition) is 8. The molecule has 0 bridgehead atoms. The summed E-state index contributed by atoms with van der Waals surface area (Å²) in [5.74, 6) is -2.93. The average molecular weight is 591 g/mol. The van der Waals surface area contributed by atoms with Crippen LogP contribution < -0.4 is 17.2 Å². The zero-order chi connectivity index (χ0) is 31.3. The molecule has 0 aliphatic heterocycles. The topological polar surface area (TPSA) is 188 Å². The van der Waals surface area contributed by atoms with E-state index in [2.05, 4.69) is 21.7 Å². The molecule has 0 fully saturated rings. The number of carboxylic acid groups (broad SMARTS) is 1. The molecule has 4 rings (SSSR count). The number of aliphatic imine (C=N–C) groups is 1. The van der Waals surface area contributed by atoms with E-state index in [1.165, 1.54) is 16.8 Å². The number of hydrogen-bond donors (Lipinski definition) is 4. The molecule has 0 atom stereocenters. The van der Waals surface area contributed by atoms with Crippen LogP contribution in [0.2, 0.25) is 0 Å². The number of amides is 1. The Balaban J connectivity index is 1.70. The Morgan fingerprint density at radius 1 is 1.09 bits per heavy atom. The van der Waals surface area contributed by atoms with Crippen molar-refractivity contribution in [2.45, 2.75) is 19.4 Å². The minimum Gasteiger partial charge on any atom is -0.481 e. The molecular formula is C29H28F2N8O4. The van der Waals surface area contributed by atoms with Crippen LogP contribution >= 0.6 is 0 Å². The van der Waals surface area contributed by atoms with Crippen molar-refractivity contribution in [2.24, 2.45) is 22.2 Å². The number of halogens is 2. The molecule has 0 saturated carbocycles. The number of nitrogens with two attached hydrogens (primary N) is 3. The second-order valence-electron chi connectivity index (χ2n) is 9.31. The maximum atomic E-state index is 14.4. The number of fused-ring (bicyclic) bond motifs is 1. The fourth-order valence-corrected chi connectivity index (χ4v) is 4.32. The summed E-state index contributed by atoms with van der Waals surface area (Å²) >= 11 is 0. The van der Waals surface area contributed by atoms with Gasteiger partial charge in [-0.05, 0) is 22.8 Å². The number of aliphatic carboxylic acids is 1. The van der Waals surface area contributed by atoms with Crippen LogP contribution in [0, 0.1) is 11.6 Å². The lowest BCUT2D eigenvalue weighted by atomic mass is 10.1. The molecule has 0 unspecified atom stereocenters. The van der Waals surface area contributed by atoms with Crippen LogP contribution in [0.4, 0.5) is 13.6 Å². The van der Waals surface area contributed by atoms with Gasteiger partial charge in [0, 0.05) is 12.5 Å². The molecule has 14 heteroatoms. The normalized spacial score (nSPS) is 11.3. The maximum Gasteiger partial charge on any atom is 0.414 e. The summed E-state index contributed by atoms with van der Waals surface area (Å²) in [5.41, 5.74) is 20.2. The summed E-state index contributed by atoms with van der Waals surface area (Å²) in [6.45, 7) is 3.77. The molecule has 1 amide bonds. The average Bonchev–Trinajstić information content (AvgIpc) is 3.31. The Kier molecular flexibility index (Phi) is 8.99. The predicted octanol–water partition coefficient (Wildman–Crippen LogP) is 3.07. The van der Waals surface area contributed by atoms with Crippen molar-refractivity contribution in [1.29, 1.82) is 0 Å². The number of aromatic nitrogens is 3. The van der Waals surface area contributed by atoms with E-state index in [0.717, 1.165) is 18.2 Å². The van der Waals surface area contributed by atoms with E-state index in [4.69, 9.17) is 27.0 Å². The highest BCUT2D eigenvalue weighted by molar-refractivity contribution is 6.01. The number of carboxylic acids is 1. The summed E-state index contributed by atoms with van der Waals surface area (Å²) in [6, 6.07) is 13.8. The van der Waals surface area contributed by atoms with Crippen molar-refractivity contribution >= 4 is 34.8 Å². The summed E-state index contributed by atoms with van der Waals surface area (Å²) in [6.07, 6.45) is 0.0130. The van der Waals surface area contributed by atoms with Gasteiger partial charge in [0.05, 0.1) is 37.5 Å². The van der Waals surface area contributed by atoms with Gasteiger partial charge in [0.1, 0.15) is 34.5 Å². The Labute approximate surface area is 244 Å². The summed E-state index contributed by atoms with van der Waals surface area (Å²) in [4.78, 5) is 33.2. The van der Waals surface area contributed by atoms with Gasteiger partial charge in [-0.15, -0.1) is 0 Å². The minimum atomic E-state index is -0.989. The summed E-state index contributed by atoms with van der Waals surface area (Å²) in [7, 11) is 1.15. The monoisotopic (exact) mass is 590 g/mol. The van der Waals surface area contributed by atoms with E-state index in [1.54, 1.807) is 42.5 Å². The van der Waals surface area contributed by atoms with Gasteiger partial charge < -0.3 is 27.0 Å². The van der Waals surface area contributed by atoms with Gasteiger partial charge in [-0.3, -0.25) is 9.69 Å². The van der Waals surface area contributed by atoms with Crippen molar-refractivity contribution in [2.75, 3.05) is 7.11 Å². The quantitative estimate of drug-likeness (QED) is 0.159. The van der Waals surface area contributed by atoms with E-state index in [-0.39, 0.29) is 53.6 Å². The molecule has 0 radical (unpaired) electrons. The van der Waals surface area contributed by atoms with Crippen LogP contribution in [0.3, 0.4) is 0 Å². The number of ether oxygens (including phenoxy) is 1. The van der Waals surface area contributed by atoms with E-state index >= 15 is 0 Å². The number of carbonyl (C=O) groups is 2. The summed E-state index contributed by atoms with van der Waals surface area (Å²) in [5, 5.41) is 13.5. The highest BCUT2D eigenvalue weighted by Gasteiger charge is 2.25. The van der Waals surface area contributed by atoms with E-state index in [9.17, 15) is 18.4 Å². The minimum absolute atomic E-state index is 0.0452. The Hall–Kier alpha value is -5.79. The lowest BCUT2D eigenvalue weighted by Gasteiger charge is -2.24. The van der Waals surface area contributed by atoms with Crippen LogP contribution in [0.1, 0.15) is 22.4 Å². The lowest BCUT2D eigenvalue weighted by Crippen LogP contribution is -2.39. The zero-order valence-corrected chi connectivity index (χ0v) is 23.0. The van der Waals surface area contributed by atoms with E-state index < -0.39 is 23.7 Å². The smallest absolute Gasteiger partial charge is 0.414 e. The van der Waals surface area contributed by atoms with Crippen LogP contribution in [0.25, 0.3) is 16.9 Å². The molecule has 0 aliphatic rings.